The maximum absolute atomic E-state index is 13.0. The number of piperazine rings is 1. The number of nitrogens with one attached hydrogen (secondary N) is 2. The highest BCUT2D eigenvalue weighted by atomic mass is 35.5. The van der Waals surface area contributed by atoms with E-state index in [2.05, 4.69) is 15.5 Å². The summed E-state index contributed by atoms with van der Waals surface area (Å²) in [5.41, 5.74) is 0.856. The molecule has 172 valence electrons. The van der Waals surface area contributed by atoms with E-state index in [1.54, 1.807) is 12.1 Å². The fourth-order valence-electron chi connectivity index (χ4n) is 6.87. The summed E-state index contributed by atoms with van der Waals surface area (Å²) in [6.07, 6.45) is 8.15. The van der Waals surface area contributed by atoms with E-state index >= 15 is 0 Å². The lowest BCUT2D eigenvalue weighted by Gasteiger charge is -2.56. The van der Waals surface area contributed by atoms with Gasteiger partial charge in [0.2, 0.25) is 0 Å². The molecule has 31 heavy (non-hydrogen) atoms. The Morgan fingerprint density at radius 3 is 2.42 bits per heavy atom. The zero-order valence-corrected chi connectivity index (χ0v) is 19.8. The summed E-state index contributed by atoms with van der Waals surface area (Å²) in [5.74, 6) is 3.33. The third kappa shape index (κ3) is 5.32. The van der Waals surface area contributed by atoms with Gasteiger partial charge in [0, 0.05) is 39.3 Å². The van der Waals surface area contributed by atoms with Gasteiger partial charge >= 0.3 is 0 Å². The van der Waals surface area contributed by atoms with E-state index in [0.717, 1.165) is 62.8 Å². The summed E-state index contributed by atoms with van der Waals surface area (Å²) in [5, 5.41) is 7.09. The highest BCUT2D eigenvalue weighted by Crippen LogP contribution is 2.59. The van der Waals surface area contributed by atoms with Crippen LogP contribution in [0.2, 0.25) is 5.02 Å². The molecule has 1 aromatic carbocycles. The molecule has 5 nitrogen and oxygen atoms in total. The molecule has 1 saturated heterocycles. The Bertz CT molecular complexity index is 747. The molecule has 1 heterocycles. The fraction of sp³-hybridized carbons (Fsp3) is 0.708. The minimum atomic E-state index is -0.0664. The van der Waals surface area contributed by atoms with Crippen LogP contribution in [0.25, 0.3) is 0 Å². The second-order valence-electron chi connectivity index (χ2n) is 10.2. The van der Waals surface area contributed by atoms with Gasteiger partial charge in [0.25, 0.3) is 5.91 Å². The van der Waals surface area contributed by atoms with Crippen molar-refractivity contribution in [2.75, 3.05) is 45.9 Å². The molecular weight excluding hydrogens is 433 g/mol. The first-order valence-electron chi connectivity index (χ1n) is 11.7. The summed E-state index contributed by atoms with van der Waals surface area (Å²) >= 11 is 6.37. The van der Waals surface area contributed by atoms with Crippen molar-refractivity contribution in [1.29, 1.82) is 0 Å². The summed E-state index contributed by atoms with van der Waals surface area (Å²) in [4.78, 5) is 15.4. The first-order chi connectivity index (χ1) is 14.6. The molecular formula is C24H35Cl2N3O2. The molecule has 0 radical (unpaired) electrons. The Hall–Kier alpha value is -1.01. The molecule has 1 aromatic rings. The van der Waals surface area contributed by atoms with Crippen LogP contribution in [-0.4, -0.2) is 56.7 Å². The van der Waals surface area contributed by atoms with Gasteiger partial charge in [0.15, 0.2) is 0 Å². The molecule has 4 bridgehead atoms. The van der Waals surface area contributed by atoms with Gasteiger partial charge in [0.05, 0.1) is 10.6 Å². The predicted octanol–water partition coefficient (Wildman–Crippen LogP) is 3.99. The van der Waals surface area contributed by atoms with Gasteiger partial charge in [0.1, 0.15) is 12.4 Å². The lowest BCUT2D eigenvalue weighted by Crippen LogP contribution is -2.51. The number of carbonyl (C=O) groups excluding carboxylic acids is 1. The number of benzene rings is 1. The van der Waals surface area contributed by atoms with Crippen LogP contribution in [0.5, 0.6) is 5.75 Å². The molecule has 2 N–H and O–H groups in total. The monoisotopic (exact) mass is 467 g/mol. The quantitative estimate of drug-likeness (QED) is 0.636. The minimum Gasteiger partial charge on any atom is -0.492 e. The number of ether oxygens (including phenoxy) is 1. The lowest BCUT2D eigenvalue weighted by atomic mass is 9.49. The molecule has 0 spiro atoms. The van der Waals surface area contributed by atoms with E-state index in [1.807, 2.05) is 6.07 Å². The van der Waals surface area contributed by atoms with Gasteiger partial charge in [-0.05, 0) is 79.9 Å². The molecule has 0 atom stereocenters. The average molecular weight is 468 g/mol. The van der Waals surface area contributed by atoms with Crippen molar-refractivity contribution in [3.63, 3.8) is 0 Å². The van der Waals surface area contributed by atoms with Crippen LogP contribution >= 0.6 is 24.0 Å². The van der Waals surface area contributed by atoms with E-state index in [0.29, 0.717) is 22.6 Å². The summed E-state index contributed by atoms with van der Waals surface area (Å²) in [7, 11) is 0. The number of nitrogens with zero attached hydrogens (tertiary/aromatic N) is 1. The Labute approximate surface area is 197 Å². The van der Waals surface area contributed by atoms with Crippen molar-refractivity contribution >= 4 is 29.9 Å². The van der Waals surface area contributed by atoms with Crippen LogP contribution in [-0.2, 0) is 0 Å². The molecule has 1 amide bonds. The van der Waals surface area contributed by atoms with Crippen molar-refractivity contribution < 1.29 is 9.53 Å². The van der Waals surface area contributed by atoms with Crippen molar-refractivity contribution in [1.82, 2.24) is 15.5 Å². The summed E-state index contributed by atoms with van der Waals surface area (Å²) in [6, 6.07) is 5.44. The van der Waals surface area contributed by atoms with Crippen molar-refractivity contribution in [3.8, 4) is 5.75 Å². The number of rotatable bonds is 7. The van der Waals surface area contributed by atoms with Crippen molar-refractivity contribution in [2.45, 2.75) is 38.5 Å². The molecule has 7 heteroatoms. The van der Waals surface area contributed by atoms with Gasteiger partial charge in [-0.3, -0.25) is 9.69 Å². The van der Waals surface area contributed by atoms with Gasteiger partial charge in [-0.25, -0.2) is 0 Å². The van der Waals surface area contributed by atoms with E-state index in [1.165, 1.54) is 38.5 Å². The average Bonchev–Trinajstić information content (AvgIpc) is 2.73. The number of hydrogen-bond acceptors (Lipinski definition) is 4. The zero-order chi connectivity index (χ0) is 20.6. The largest absolute Gasteiger partial charge is 0.492 e. The lowest BCUT2D eigenvalue weighted by molar-refractivity contribution is -0.0503. The third-order valence-electron chi connectivity index (χ3n) is 7.86. The van der Waals surface area contributed by atoms with E-state index in [4.69, 9.17) is 16.3 Å². The van der Waals surface area contributed by atoms with Crippen LogP contribution < -0.4 is 15.4 Å². The molecule has 0 unspecified atom stereocenters. The highest BCUT2D eigenvalue weighted by Gasteiger charge is 2.50. The standard InChI is InChI=1S/C24H34ClN3O2.ClH/c25-22-2-1-20(30-8-7-28-5-3-26-4-6-28)12-21(22)23(29)27-16-24-13-17-9-18(14-24)11-19(10-17)15-24;/h1-2,12,17-19,26H,3-11,13-16H2,(H,27,29);1H. The van der Waals surface area contributed by atoms with E-state index < -0.39 is 0 Å². The minimum absolute atomic E-state index is 0. The molecule has 0 aromatic heterocycles. The predicted molar refractivity (Wildman–Crippen MR) is 126 cm³/mol. The van der Waals surface area contributed by atoms with E-state index in [9.17, 15) is 4.79 Å². The second kappa shape index (κ2) is 9.86. The van der Waals surface area contributed by atoms with Crippen molar-refractivity contribution in [2.24, 2.45) is 23.2 Å². The van der Waals surface area contributed by atoms with Gasteiger partial charge in [-0.1, -0.05) is 11.6 Å². The maximum atomic E-state index is 13.0. The molecule has 5 aliphatic rings. The zero-order valence-electron chi connectivity index (χ0n) is 18.2. The van der Waals surface area contributed by atoms with Crippen LogP contribution in [0.15, 0.2) is 18.2 Å². The van der Waals surface area contributed by atoms with Crippen LogP contribution in [0.1, 0.15) is 48.9 Å². The smallest absolute Gasteiger partial charge is 0.252 e. The molecule has 4 saturated carbocycles. The Balaban J connectivity index is 0.00000231. The number of halogens is 2. The summed E-state index contributed by atoms with van der Waals surface area (Å²) < 4.78 is 5.93. The number of carbonyl (C=O) groups is 1. The van der Waals surface area contributed by atoms with Crippen LogP contribution in [0, 0.1) is 23.2 Å². The molecule has 4 aliphatic carbocycles. The highest BCUT2D eigenvalue weighted by molar-refractivity contribution is 6.33. The normalized spacial score (nSPS) is 31.8. The van der Waals surface area contributed by atoms with Crippen LogP contribution in [0.4, 0.5) is 0 Å². The SMILES string of the molecule is Cl.O=C(NCC12CC3CC(CC(C3)C1)C2)c1cc(OCCN2CCNCC2)ccc1Cl. The number of amides is 1. The van der Waals surface area contributed by atoms with E-state index in [-0.39, 0.29) is 18.3 Å². The molecule has 6 rings (SSSR count). The molecule has 1 aliphatic heterocycles. The van der Waals surface area contributed by atoms with Gasteiger partial charge < -0.3 is 15.4 Å². The Kier molecular flexibility index (Phi) is 7.37. The van der Waals surface area contributed by atoms with Gasteiger partial charge in [-0.2, -0.15) is 0 Å². The summed E-state index contributed by atoms with van der Waals surface area (Å²) in [6.45, 7) is 6.50. The fourth-order valence-corrected chi connectivity index (χ4v) is 7.07. The second-order valence-corrected chi connectivity index (χ2v) is 10.6. The third-order valence-corrected chi connectivity index (χ3v) is 8.19. The topological polar surface area (TPSA) is 53.6 Å². The Morgan fingerprint density at radius 1 is 1.13 bits per heavy atom. The maximum Gasteiger partial charge on any atom is 0.252 e. The van der Waals surface area contributed by atoms with Crippen molar-refractivity contribution in [3.05, 3.63) is 28.8 Å². The molecule has 5 fully saturated rings. The Morgan fingerprint density at radius 2 is 1.77 bits per heavy atom. The van der Waals surface area contributed by atoms with Gasteiger partial charge in [-0.15, -0.1) is 12.4 Å². The first kappa shape index (κ1) is 23.2. The number of hydrogen-bond donors (Lipinski definition) is 2. The van der Waals surface area contributed by atoms with Crippen LogP contribution in [0.3, 0.4) is 0 Å². The first-order valence-corrected chi connectivity index (χ1v) is 12.1.